The van der Waals surface area contributed by atoms with E-state index < -0.39 is 0 Å². The van der Waals surface area contributed by atoms with E-state index in [1.807, 2.05) is 12.1 Å². The molecular weight excluding hydrogens is 360 g/mol. The van der Waals surface area contributed by atoms with Crippen molar-refractivity contribution >= 4 is 31.9 Å². The molecule has 0 saturated carbocycles. The third kappa shape index (κ3) is 5.29. The molecule has 4 heteroatoms. The van der Waals surface area contributed by atoms with Crippen molar-refractivity contribution in [3.05, 3.63) is 26.6 Å². The Hall–Kier alpha value is -0.0600. The second-order valence-corrected chi connectivity index (χ2v) is 6.02. The van der Waals surface area contributed by atoms with Crippen LogP contribution in [0.3, 0.4) is 0 Å². The van der Waals surface area contributed by atoms with Crippen LogP contribution in [0.1, 0.15) is 44.6 Å². The number of aliphatic hydroxyl groups is 1. The molecule has 1 aromatic rings. The van der Waals surface area contributed by atoms with Crippen molar-refractivity contribution in [2.24, 2.45) is 0 Å². The molecule has 0 aliphatic rings. The lowest BCUT2D eigenvalue weighted by atomic mass is 10.2. The maximum atomic E-state index is 9.09. The number of aliphatic hydroxyl groups excluding tert-OH is 1. The summed E-state index contributed by atoms with van der Waals surface area (Å²) in [4.78, 5) is 0. The highest BCUT2D eigenvalue weighted by molar-refractivity contribution is 9.11. The summed E-state index contributed by atoms with van der Waals surface area (Å²) in [6, 6.07) is 3.77. The molecule has 0 spiro atoms. The van der Waals surface area contributed by atoms with Crippen molar-refractivity contribution in [3.8, 4) is 5.75 Å². The Balaban J connectivity index is 2.42. The molecule has 2 nitrogen and oxygen atoms in total. The van der Waals surface area contributed by atoms with E-state index in [0.717, 1.165) is 33.3 Å². The van der Waals surface area contributed by atoms with Crippen molar-refractivity contribution in [3.63, 3.8) is 0 Å². The highest BCUT2D eigenvalue weighted by Gasteiger charge is 2.08. The van der Waals surface area contributed by atoms with Crippen LogP contribution in [0.15, 0.2) is 21.1 Å². The molecule has 102 valence electrons. The first-order valence-electron chi connectivity index (χ1n) is 6.40. The summed E-state index contributed by atoms with van der Waals surface area (Å²) in [5.41, 5.74) is 0.865. The van der Waals surface area contributed by atoms with Gasteiger partial charge in [-0.25, -0.2) is 0 Å². The van der Waals surface area contributed by atoms with Gasteiger partial charge in [0.05, 0.1) is 22.2 Å². The quantitative estimate of drug-likeness (QED) is 0.640. The predicted molar refractivity (Wildman–Crippen MR) is 82.0 cm³/mol. The molecule has 0 aromatic heterocycles. The fourth-order valence-corrected chi connectivity index (χ4v) is 3.23. The molecule has 1 rings (SSSR count). The highest BCUT2D eigenvalue weighted by Crippen LogP contribution is 2.34. The highest BCUT2D eigenvalue weighted by atomic mass is 79.9. The number of hydrogen-bond donors (Lipinski definition) is 1. The average molecular weight is 380 g/mol. The SMILES string of the molecule is CCCCCCCOc1c(Br)cc(CO)cc1Br. The zero-order chi connectivity index (χ0) is 13.4. The first-order chi connectivity index (χ1) is 8.69. The molecule has 0 aliphatic carbocycles. The summed E-state index contributed by atoms with van der Waals surface area (Å²) in [7, 11) is 0. The Labute approximate surface area is 126 Å². The summed E-state index contributed by atoms with van der Waals surface area (Å²) in [6.07, 6.45) is 6.16. The van der Waals surface area contributed by atoms with Crippen LogP contribution in [0.4, 0.5) is 0 Å². The third-order valence-electron chi connectivity index (χ3n) is 2.73. The van der Waals surface area contributed by atoms with Crippen LogP contribution in [0.25, 0.3) is 0 Å². The van der Waals surface area contributed by atoms with E-state index in [-0.39, 0.29) is 6.61 Å². The minimum atomic E-state index is 0.0362. The lowest BCUT2D eigenvalue weighted by Crippen LogP contribution is -1.99. The maximum absolute atomic E-state index is 9.09. The van der Waals surface area contributed by atoms with E-state index in [1.54, 1.807) is 0 Å². The second-order valence-electron chi connectivity index (χ2n) is 4.31. The van der Waals surface area contributed by atoms with Gasteiger partial charge in [0.1, 0.15) is 5.75 Å². The van der Waals surface area contributed by atoms with Gasteiger partial charge in [0.2, 0.25) is 0 Å². The Morgan fingerprint density at radius 2 is 1.67 bits per heavy atom. The first kappa shape index (κ1) is 16.0. The lowest BCUT2D eigenvalue weighted by Gasteiger charge is -2.11. The van der Waals surface area contributed by atoms with Crippen molar-refractivity contribution in [2.75, 3.05) is 6.61 Å². The van der Waals surface area contributed by atoms with E-state index in [0.29, 0.717) is 0 Å². The van der Waals surface area contributed by atoms with Gasteiger partial charge < -0.3 is 9.84 Å². The lowest BCUT2D eigenvalue weighted by molar-refractivity contribution is 0.280. The van der Waals surface area contributed by atoms with Gasteiger partial charge in [0.25, 0.3) is 0 Å². The van der Waals surface area contributed by atoms with Crippen LogP contribution >= 0.6 is 31.9 Å². The minimum absolute atomic E-state index is 0.0362. The molecule has 0 heterocycles. The summed E-state index contributed by atoms with van der Waals surface area (Å²) < 4.78 is 7.54. The number of halogens is 2. The van der Waals surface area contributed by atoms with E-state index >= 15 is 0 Å². The number of rotatable bonds is 8. The normalized spacial score (nSPS) is 10.7. The summed E-state index contributed by atoms with van der Waals surface area (Å²) in [5, 5.41) is 9.09. The Morgan fingerprint density at radius 3 is 2.22 bits per heavy atom. The smallest absolute Gasteiger partial charge is 0.147 e. The molecule has 0 bridgehead atoms. The minimum Gasteiger partial charge on any atom is -0.491 e. The van der Waals surface area contributed by atoms with Crippen LogP contribution < -0.4 is 4.74 Å². The summed E-state index contributed by atoms with van der Waals surface area (Å²) in [6.45, 7) is 2.99. The van der Waals surface area contributed by atoms with Gasteiger partial charge >= 0.3 is 0 Å². The molecule has 0 unspecified atom stereocenters. The summed E-state index contributed by atoms with van der Waals surface area (Å²) in [5.74, 6) is 0.822. The van der Waals surface area contributed by atoms with Crippen LogP contribution in [0.5, 0.6) is 5.75 Å². The molecule has 0 radical (unpaired) electrons. The first-order valence-corrected chi connectivity index (χ1v) is 7.99. The van der Waals surface area contributed by atoms with E-state index in [9.17, 15) is 0 Å². The number of hydrogen-bond acceptors (Lipinski definition) is 2. The zero-order valence-corrected chi connectivity index (χ0v) is 13.9. The van der Waals surface area contributed by atoms with Gasteiger partial charge in [0, 0.05) is 0 Å². The Morgan fingerprint density at radius 1 is 1.06 bits per heavy atom. The van der Waals surface area contributed by atoms with Crippen LogP contribution in [0.2, 0.25) is 0 Å². The van der Waals surface area contributed by atoms with Gasteiger partial charge in [0.15, 0.2) is 0 Å². The second kappa shape index (κ2) is 8.94. The van der Waals surface area contributed by atoms with Crippen molar-refractivity contribution in [1.29, 1.82) is 0 Å². The van der Waals surface area contributed by atoms with Crippen molar-refractivity contribution in [1.82, 2.24) is 0 Å². The fourth-order valence-electron chi connectivity index (χ4n) is 1.72. The molecule has 1 N–H and O–H groups in total. The molecule has 0 saturated heterocycles. The molecule has 0 fully saturated rings. The number of unbranched alkanes of at least 4 members (excludes halogenated alkanes) is 4. The van der Waals surface area contributed by atoms with Gasteiger partial charge in [-0.3, -0.25) is 0 Å². The van der Waals surface area contributed by atoms with Gasteiger partial charge in [-0.15, -0.1) is 0 Å². The molecule has 0 amide bonds. The zero-order valence-electron chi connectivity index (χ0n) is 10.7. The molecule has 18 heavy (non-hydrogen) atoms. The van der Waals surface area contributed by atoms with Gasteiger partial charge in [-0.05, 0) is 56.0 Å². The standard InChI is InChI=1S/C14H20Br2O2/c1-2-3-4-5-6-7-18-14-12(15)8-11(10-17)9-13(14)16/h8-9,17H,2-7,10H2,1H3. The van der Waals surface area contributed by atoms with Crippen LogP contribution in [0, 0.1) is 0 Å². The Bertz CT molecular complexity index is 344. The van der Waals surface area contributed by atoms with E-state index in [4.69, 9.17) is 9.84 Å². The summed E-state index contributed by atoms with van der Waals surface area (Å²) >= 11 is 6.93. The molecular formula is C14H20Br2O2. The van der Waals surface area contributed by atoms with Crippen LogP contribution in [-0.2, 0) is 6.61 Å². The molecule has 1 aromatic carbocycles. The molecule has 0 aliphatic heterocycles. The maximum Gasteiger partial charge on any atom is 0.147 e. The molecule has 0 atom stereocenters. The fraction of sp³-hybridized carbons (Fsp3) is 0.571. The topological polar surface area (TPSA) is 29.5 Å². The van der Waals surface area contributed by atoms with Gasteiger partial charge in [-0.1, -0.05) is 32.6 Å². The van der Waals surface area contributed by atoms with Crippen molar-refractivity contribution in [2.45, 2.75) is 45.6 Å². The predicted octanol–water partition coefficient (Wildman–Crippen LogP) is 5.05. The van der Waals surface area contributed by atoms with Crippen molar-refractivity contribution < 1.29 is 9.84 Å². The average Bonchev–Trinajstić information content (AvgIpc) is 2.35. The monoisotopic (exact) mass is 378 g/mol. The van der Waals surface area contributed by atoms with E-state index in [2.05, 4.69) is 38.8 Å². The van der Waals surface area contributed by atoms with Gasteiger partial charge in [-0.2, -0.15) is 0 Å². The number of ether oxygens (including phenoxy) is 1. The van der Waals surface area contributed by atoms with Crippen LogP contribution in [-0.4, -0.2) is 11.7 Å². The third-order valence-corrected chi connectivity index (χ3v) is 3.91. The van der Waals surface area contributed by atoms with E-state index in [1.165, 1.54) is 25.7 Å². The Kier molecular flexibility index (Phi) is 7.95. The number of benzene rings is 1. The largest absolute Gasteiger partial charge is 0.491 e.